The van der Waals surface area contributed by atoms with Gasteiger partial charge in [-0.2, -0.15) is 0 Å². The van der Waals surface area contributed by atoms with E-state index in [0.717, 1.165) is 44.0 Å². The molecule has 1 aromatic heterocycles. The first-order chi connectivity index (χ1) is 11.5. The third kappa shape index (κ3) is 3.67. The molecule has 0 radical (unpaired) electrons. The Labute approximate surface area is 143 Å². The van der Waals surface area contributed by atoms with E-state index in [1.807, 2.05) is 24.8 Å². The minimum absolute atomic E-state index is 0.0141. The van der Waals surface area contributed by atoms with Gasteiger partial charge in [0.15, 0.2) is 5.82 Å². The molecule has 3 rings (SSSR count). The van der Waals surface area contributed by atoms with E-state index >= 15 is 0 Å². The second kappa shape index (κ2) is 7.18. The number of hydrogen-bond acceptors (Lipinski definition) is 3. The highest BCUT2D eigenvalue weighted by molar-refractivity contribution is 5.91. The standard InChI is InChI=1S/C19H26N4O/c1-14-12-22(13-17-8-5-4-6-9-17)10-7-11-23(14)19(24)18-20-15(2)16(3)21-18/h4-6,8-9,14H,7,10-13H2,1-3H3,(H,20,21). The number of amides is 1. The van der Waals surface area contributed by atoms with Crippen LogP contribution >= 0.6 is 0 Å². The fourth-order valence-electron chi connectivity index (χ4n) is 3.32. The lowest BCUT2D eigenvalue weighted by Crippen LogP contribution is -2.42. The van der Waals surface area contributed by atoms with Crippen LogP contribution in [0.4, 0.5) is 0 Å². The van der Waals surface area contributed by atoms with Crippen molar-refractivity contribution in [3.63, 3.8) is 0 Å². The van der Waals surface area contributed by atoms with Crippen LogP contribution in [0.5, 0.6) is 0 Å². The summed E-state index contributed by atoms with van der Waals surface area (Å²) in [5.41, 5.74) is 3.18. The molecule has 1 N–H and O–H groups in total. The van der Waals surface area contributed by atoms with Crippen LogP contribution in [0.15, 0.2) is 30.3 Å². The van der Waals surface area contributed by atoms with E-state index in [2.05, 4.69) is 46.1 Å². The maximum atomic E-state index is 12.8. The van der Waals surface area contributed by atoms with Crippen molar-refractivity contribution in [1.29, 1.82) is 0 Å². The lowest BCUT2D eigenvalue weighted by molar-refractivity contribution is 0.0680. The van der Waals surface area contributed by atoms with Crippen molar-refractivity contribution >= 4 is 5.91 Å². The number of aromatic nitrogens is 2. The van der Waals surface area contributed by atoms with E-state index in [4.69, 9.17) is 0 Å². The van der Waals surface area contributed by atoms with E-state index in [-0.39, 0.29) is 11.9 Å². The molecule has 5 nitrogen and oxygen atoms in total. The van der Waals surface area contributed by atoms with Gasteiger partial charge in [-0.1, -0.05) is 30.3 Å². The normalized spacial score (nSPS) is 19.3. The molecule has 1 saturated heterocycles. The van der Waals surface area contributed by atoms with Gasteiger partial charge in [-0.25, -0.2) is 4.98 Å². The Morgan fingerprint density at radius 1 is 1.25 bits per heavy atom. The van der Waals surface area contributed by atoms with Gasteiger partial charge in [-0.05, 0) is 32.8 Å². The van der Waals surface area contributed by atoms with E-state index in [9.17, 15) is 4.79 Å². The highest BCUT2D eigenvalue weighted by Crippen LogP contribution is 2.16. The summed E-state index contributed by atoms with van der Waals surface area (Å²) in [5, 5.41) is 0. The SMILES string of the molecule is Cc1nc(C(=O)N2CCCN(Cc3ccccc3)CC2C)[nH]c1C. The fraction of sp³-hybridized carbons (Fsp3) is 0.474. The van der Waals surface area contributed by atoms with Crippen LogP contribution in [0.3, 0.4) is 0 Å². The molecule has 5 heteroatoms. The fourth-order valence-corrected chi connectivity index (χ4v) is 3.32. The zero-order valence-corrected chi connectivity index (χ0v) is 14.7. The molecule has 1 aliphatic heterocycles. The average Bonchev–Trinajstić information content (AvgIpc) is 2.79. The van der Waals surface area contributed by atoms with Gasteiger partial charge in [0.05, 0.1) is 5.69 Å². The summed E-state index contributed by atoms with van der Waals surface area (Å²) in [6.45, 7) is 9.63. The summed E-state index contributed by atoms with van der Waals surface area (Å²) in [6, 6.07) is 10.7. The average molecular weight is 326 g/mol. The molecule has 0 spiro atoms. The van der Waals surface area contributed by atoms with Crippen molar-refractivity contribution < 1.29 is 4.79 Å². The second-order valence-electron chi connectivity index (χ2n) is 6.72. The Balaban J connectivity index is 1.68. The molecule has 1 amide bonds. The number of rotatable bonds is 3. The number of H-pyrrole nitrogens is 1. The van der Waals surface area contributed by atoms with Crippen molar-refractivity contribution in [2.45, 2.75) is 39.8 Å². The van der Waals surface area contributed by atoms with Gasteiger partial charge in [-0.15, -0.1) is 0 Å². The second-order valence-corrected chi connectivity index (χ2v) is 6.72. The predicted molar refractivity (Wildman–Crippen MR) is 94.9 cm³/mol. The molecular formula is C19H26N4O. The van der Waals surface area contributed by atoms with Gasteiger partial charge in [0.25, 0.3) is 5.91 Å². The molecule has 1 aliphatic rings. The molecule has 0 aliphatic carbocycles. The lowest BCUT2D eigenvalue weighted by atomic mass is 10.2. The van der Waals surface area contributed by atoms with E-state index < -0.39 is 0 Å². The zero-order valence-electron chi connectivity index (χ0n) is 14.7. The number of imidazole rings is 1. The Morgan fingerprint density at radius 3 is 2.67 bits per heavy atom. The molecule has 0 saturated carbocycles. The van der Waals surface area contributed by atoms with E-state index in [1.54, 1.807) is 0 Å². The number of carbonyl (C=O) groups excluding carboxylic acids is 1. The highest BCUT2D eigenvalue weighted by atomic mass is 16.2. The minimum atomic E-state index is 0.0141. The van der Waals surface area contributed by atoms with Crippen LogP contribution in [0.25, 0.3) is 0 Å². The number of benzene rings is 1. The largest absolute Gasteiger partial charge is 0.338 e. The van der Waals surface area contributed by atoms with Crippen LogP contribution in [-0.2, 0) is 6.54 Å². The van der Waals surface area contributed by atoms with Gasteiger partial charge in [0.1, 0.15) is 0 Å². The smallest absolute Gasteiger partial charge is 0.289 e. The predicted octanol–water partition coefficient (Wildman–Crippen LogP) is 2.76. The molecule has 1 unspecified atom stereocenters. The van der Waals surface area contributed by atoms with Crippen LogP contribution in [-0.4, -0.2) is 51.4 Å². The van der Waals surface area contributed by atoms with Crippen LogP contribution in [0.2, 0.25) is 0 Å². The molecule has 2 aromatic rings. The van der Waals surface area contributed by atoms with Gasteiger partial charge in [0, 0.05) is 37.9 Å². The summed E-state index contributed by atoms with van der Waals surface area (Å²) >= 11 is 0. The third-order valence-electron chi connectivity index (χ3n) is 4.77. The first-order valence-corrected chi connectivity index (χ1v) is 8.65. The molecule has 2 heterocycles. The molecule has 1 aromatic carbocycles. The van der Waals surface area contributed by atoms with Crippen molar-refractivity contribution in [3.8, 4) is 0 Å². The number of nitrogens with zero attached hydrogens (tertiary/aromatic N) is 3. The summed E-state index contributed by atoms with van der Waals surface area (Å²) in [6.07, 6.45) is 0.988. The molecule has 0 bridgehead atoms. The van der Waals surface area contributed by atoms with Gasteiger partial charge in [-0.3, -0.25) is 9.69 Å². The first kappa shape index (κ1) is 16.7. The van der Waals surface area contributed by atoms with E-state index in [1.165, 1.54) is 5.56 Å². The Kier molecular flexibility index (Phi) is 5.00. The monoisotopic (exact) mass is 326 g/mol. The molecule has 1 fully saturated rings. The zero-order chi connectivity index (χ0) is 17.1. The summed E-state index contributed by atoms with van der Waals surface area (Å²) in [7, 11) is 0. The molecule has 128 valence electrons. The topological polar surface area (TPSA) is 52.2 Å². The summed E-state index contributed by atoms with van der Waals surface area (Å²) in [5.74, 6) is 0.480. The molecule has 1 atom stereocenters. The number of nitrogens with one attached hydrogen (secondary N) is 1. The Hall–Kier alpha value is -2.14. The van der Waals surface area contributed by atoms with E-state index in [0.29, 0.717) is 5.82 Å². The third-order valence-corrected chi connectivity index (χ3v) is 4.77. The maximum absolute atomic E-state index is 12.8. The van der Waals surface area contributed by atoms with Crippen molar-refractivity contribution in [2.75, 3.05) is 19.6 Å². The van der Waals surface area contributed by atoms with Gasteiger partial charge in [0.2, 0.25) is 0 Å². The van der Waals surface area contributed by atoms with Gasteiger partial charge >= 0.3 is 0 Å². The number of aromatic amines is 1. The summed E-state index contributed by atoms with van der Waals surface area (Å²) in [4.78, 5) is 24.7. The lowest BCUT2D eigenvalue weighted by Gasteiger charge is -2.28. The van der Waals surface area contributed by atoms with Crippen LogP contribution in [0.1, 0.15) is 40.9 Å². The van der Waals surface area contributed by atoms with Crippen LogP contribution < -0.4 is 0 Å². The van der Waals surface area contributed by atoms with Crippen molar-refractivity contribution in [3.05, 3.63) is 53.1 Å². The number of aryl methyl sites for hydroxylation is 2. The maximum Gasteiger partial charge on any atom is 0.289 e. The number of hydrogen-bond donors (Lipinski definition) is 1. The quantitative estimate of drug-likeness (QED) is 0.943. The first-order valence-electron chi connectivity index (χ1n) is 8.65. The molecular weight excluding hydrogens is 300 g/mol. The minimum Gasteiger partial charge on any atom is -0.338 e. The Morgan fingerprint density at radius 2 is 2.00 bits per heavy atom. The number of carbonyl (C=O) groups is 1. The van der Waals surface area contributed by atoms with Crippen molar-refractivity contribution in [1.82, 2.24) is 19.8 Å². The van der Waals surface area contributed by atoms with Crippen LogP contribution in [0, 0.1) is 13.8 Å². The Bertz CT molecular complexity index is 675. The van der Waals surface area contributed by atoms with Gasteiger partial charge < -0.3 is 9.88 Å². The van der Waals surface area contributed by atoms with Crippen molar-refractivity contribution in [2.24, 2.45) is 0 Å². The molecule has 24 heavy (non-hydrogen) atoms. The summed E-state index contributed by atoms with van der Waals surface area (Å²) < 4.78 is 0. The highest BCUT2D eigenvalue weighted by Gasteiger charge is 2.28.